The molecule has 1 aromatic heterocycles. The maximum Gasteiger partial charge on any atom is 0.189 e. The van der Waals surface area contributed by atoms with Gasteiger partial charge in [-0.2, -0.15) is 5.10 Å². The van der Waals surface area contributed by atoms with Crippen molar-refractivity contribution >= 4 is 29.9 Å². The van der Waals surface area contributed by atoms with Crippen molar-refractivity contribution in [2.24, 2.45) is 17.8 Å². The molecule has 0 unspecified atom stereocenters. The number of halogens is 1. The molecular weight excluding hydrogens is 353 g/mol. The van der Waals surface area contributed by atoms with Crippen molar-refractivity contribution in [2.45, 2.75) is 52.1 Å². The van der Waals surface area contributed by atoms with Crippen LogP contribution >= 0.6 is 24.0 Å². The SMILES string of the molecule is Cc1nn(C)c(C)c1CN=C(N)NC1CCCC1.I. The van der Waals surface area contributed by atoms with Gasteiger partial charge in [-0.3, -0.25) is 4.68 Å². The fourth-order valence-electron chi connectivity index (χ4n) is 2.54. The van der Waals surface area contributed by atoms with Gasteiger partial charge >= 0.3 is 0 Å². The summed E-state index contributed by atoms with van der Waals surface area (Å²) in [6.07, 6.45) is 5.01. The molecule has 0 bridgehead atoms. The zero-order valence-corrected chi connectivity index (χ0v) is 14.3. The van der Waals surface area contributed by atoms with Crippen LogP contribution < -0.4 is 11.1 Å². The monoisotopic (exact) mass is 377 g/mol. The highest BCUT2D eigenvalue weighted by molar-refractivity contribution is 14.0. The molecule has 6 heteroatoms. The van der Waals surface area contributed by atoms with Gasteiger partial charge in [0, 0.05) is 24.3 Å². The van der Waals surface area contributed by atoms with Gasteiger partial charge in [0.1, 0.15) is 0 Å². The number of hydrogen-bond acceptors (Lipinski definition) is 2. The van der Waals surface area contributed by atoms with Crippen molar-refractivity contribution in [3.63, 3.8) is 0 Å². The average molecular weight is 377 g/mol. The first-order valence-corrected chi connectivity index (χ1v) is 6.63. The Morgan fingerprint density at radius 1 is 1.42 bits per heavy atom. The predicted octanol–water partition coefficient (Wildman–Crippen LogP) is 2.00. The van der Waals surface area contributed by atoms with E-state index in [9.17, 15) is 0 Å². The van der Waals surface area contributed by atoms with Crippen molar-refractivity contribution in [3.8, 4) is 0 Å². The van der Waals surface area contributed by atoms with Crippen LogP contribution in [0.2, 0.25) is 0 Å². The lowest BCUT2D eigenvalue weighted by Gasteiger charge is -2.12. The summed E-state index contributed by atoms with van der Waals surface area (Å²) in [5, 5.41) is 7.67. The van der Waals surface area contributed by atoms with Crippen LogP contribution in [0.1, 0.15) is 42.6 Å². The number of hydrogen-bond donors (Lipinski definition) is 2. The second-order valence-electron chi connectivity index (χ2n) is 5.10. The van der Waals surface area contributed by atoms with E-state index in [1.807, 2.05) is 18.7 Å². The molecule has 0 radical (unpaired) electrons. The Bertz CT molecular complexity index is 446. The molecule has 3 N–H and O–H groups in total. The molecule has 108 valence electrons. The van der Waals surface area contributed by atoms with Crippen LogP contribution in [-0.4, -0.2) is 21.8 Å². The summed E-state index contributed by atoms with van der Waals surface area (Å²) in [7, 11) is 1.95. The minimum atomic E-state index is 0. The van der Waals surface area contributed by atoms with Crippen LogP contribution in [0.3, 0.4) is 0 Å². The van der Waals surface area contributed by atoms with E-state index in [1.165, 1.54) is 31.2 Å². The maximum atomic E-state index is 5.92. The van der Waals surface area contributed by atoms with Gasteiger partial charge in [-0.05, 0) is 26.7 Å². The smallest absolute Gasteiger partial charge is 0.189 e. The van der Waals surface area contributed by atoms with Gasteiger partial charge < -0.3 is 11.1 Å². The summed E-state index contributed by atoms with van der Waals surface area (Å²) >= 11 is 0. The van der Waals surface area contributed by atoms with E-state index in [0.29, 0.717) is 18.5 Å². The fraction of sp³-hybridized carbons (Fsp3) is 0.692. The average Bonchev–Trinajstić information content (AvgIpc) is 2.88. The standard InChI is InChI=1S/C13H23N5.HI/c1-9-12(10(2)18(3)17-9)8-15-13(14)16-11-6-4-5-7-11;/h11H,4-8H2,1-3H3,(H3,14,15,16);1H. The number of nitrogens with two attached hydrogens (primary N) is 1. The lowest BCUT2D eigenvalue weighted by molar-refractivity contribution is 0.625. The van der Waals surface area contributed by atoms with E-state index in [1.54, 1.807) is 0 Å². The number of nitrogens with one attached hydrogen (secondary N) is 1. The molecule has 2 rings (SSSR count). The van der Waals surface area contributed by atoms with Crippen molar-refractivity contribution in [2.75, 3.05) is 0 Å². The molecule has 5 nitrogen and oxygen atoms in total. The molecule has 0 amide bonds. The second kappa shape index (κ2) is 7.12. The molecular formula is C13H24IN5. The molecule has 1 aliphatic rings. The third-order valence-electron chi connectivity index (χ3n) is 3.77. The van der Waals surface area contributed by atoms with E-state index >= 15 is 0 Å². The van der Waals surface area contributed by atoms with Crippen molar-refractivity contribution < 1.29 is 0 Å². The molecule has 1 heterocycles. The summed E-state index contributed by atoms with van der Waals surface area (Å²) < 4.78 is 1.89. The Hall–Kier alpha value is -0.790. The minimum Gasteiger partial charge on any atom is -0.370 e. The second-order valence-corrected chi connectivity index (χ2v) is 5.10. The third-order valence-corrected chi connectivity index (χ3v) is 3.77. The number of aliphatic imine (C=N–C) groups is 1. The van der Waals surface area contributed by atoms with Gasteiger partial charge in [-0.15, -0.1) is 24.0 Å². The van der Waals surface area contributed by atoms with Crippen LogP contribution in [-0.2, 0) is 13.6 Å². The Morgan fingerprint density at radius 2 is 2.05 bits per heavy atom. The number of nitrogens with zero attached hydrogens (tertiary/aromatic N) is 3. The molecule has 0 atom stereocenters. The predicted molar refractivity (Wildman–Crippen MR) is 88.8 cm³/mol. The highest BCUT2D eigenvalue weighted by Gasteiger charge is 2.15. The molecule has 1 saturated carbocycles. The fourth-order valence-corrected chi connectivity index (χ4v) is 2.54. The normalized spacial score (nSPS) is 16.5. The molecule has 0 saturated heterocycles. The number of aromatic nitrogens is 2. The summed E-state index contributed by atoms with van der Waals surface area (Å²) in [5.41, 5.74) is 9.29. The lowest BCUT2D eigenvalue weighted by Crippen LogP contribution is -2.38. The molecule has 0 aromatic carbocycles. The van der Waals surface area contributed by atoms with Crippen molar-refractivity contribution in [1.82, 2.24) is 15.1 Å². The molecule has 0 spiro atoms. The first-order valence-electron chi connectivity index (χ1n) is 6.63. The Kier molecular flexibility index (Phi) is 6.09. The van der Waals surface area contributed by atoms with E-state index in [4.69, 9.17) is 5.73 Å². The first kappa shape index (κ1) is 16.3. The minimum absolute atomic E-state index is 0. The Balaban J connectivity index is 0.00000180. The number of guanidine groups is 1. The topological polar surface area (TPSA) is 68.2 Å². The molecule has 0 aliphatic heterocycles. The van der Waals surface area contributed by atoms with Gasteiger partial charge in [0.05, 0.1) is 12.2 Å². The maximum absolute atomic E-state index is 5.92. The summed E-state index contributed by atoms with van der Waals surface area (Å²) in [5.74, 6) is 0.560. The zero-order chi connectivity index (χ0) is 13.1. The van der Waals surface area contributed by atoms with Crippen LogP contribution in [0.5, 0.6) is 0 Å². The summed E-state index contributed by atoms with van der Waals surface area (Å²) in [6.45, 7) is 4.68. The van der Waals surface area contributed by atoms with E-state index in [-0.39, 0.29) is 24.0 Å². The van der Waals surface area contributed by atoms with Gasteiger partial charge in [-0.1, -0.05) is 12.8 Å². The van der Waals surface area contributed by atoms with Crippen LogP contribution in [0.4, 0.5) is 0 Å². The molecule has 1 fully saturated rings. The number of aryl methyl sites for hydroxylation is 2. The van der Waals surface area contributed by atoms with E-state index < -0.39 is 0 Å². The number of rotatable bonds is 3. The van der Waals surface area contributed by atoms with Crippen LogP contribution in [0.25, 0.3) is 0 Å². The van der Waals surface area contributed by atoms with Crippen LogP contribution in [0.15, 0.2) is 4.99 Å². The molecule has 1 aromatic rings. The largest absolute Gasteiger partial charge is 0.370 e. The van der Waals surface area contributed by atoms with Gasteiger partial charge in [-0.25, -0.2) is 4.99 Å². The Labute approximate surface area is 132 Å². The zero-order valence-electron chi connectivity index (χ0n) is 11.9. The van der Waals surface area contributed by atoms with Crippen molar-refractivity contribution in [3.05, 3.63) is 17.0 Å². The van der Waals surface area contributed by atoms with E-state index in [0.717, 1.165) is 11.4 Å². The van der Waals surface area contributed by atoms with E-state index in [2.05, 4.69) is 22.3 Å². The highest BCUT2D eigenvalue weighted by Crippen LogP contribution is 2.17. The lowest BCUT2D eigenvalue weighted by atomic mass is 10.2. The van der Waals surface area contributed by atoms with Crippen molar-refractivity contribution in [1.29, 1.82) is 0 Å². The third kappa shape index (κ3) is 4.09. The highest BCUT2D eigenvalue weighted by atomic mass is 127. The first-order chi connectivity index (χ1) is 8.58. The summed E-state index contributed by atoms with van der Waals surface area (Å²) in [4.78, 5) is 4.42. The Morgan fingerprint density at radius 3 is 2.58 bits per heavy atom. The van der Waals surface area contributed by atoms with Gasteiger partial charge in [0.2, 0.25) is 0 Å². The summed E-state index contributed by atoms with van der Waals surface area (Å²) in [6, 6.07) is 0.518. The quantitative estimate of drug-likeness (QED) is 0.481. The van der Waals surface area contributed by atoms with Gasteiger partial charge in [0.15, 0.2) is 5.96 Å². The van der Waals surface area contributed by atoms with Crippen LogP contribution in [0, 0.1) is 13.8 Å². The molecule has 1 aliphatic carbocycles. The molecule has 19 heavy (non-hydrogen) atoms. The van der Waals surface area contributed by atoms with Gasteiger partial charge in [0.25, 0.3) is 0 Å².